The van der Waals surface area contributed by atoms with Gasteiger partial charge in [-0.05, 0) is 37.3 Å². The normalized spacial score (nSPS) is 10.8. The highest BCUT2D eigenvalue weighted by Gasteiger charge is 2.18. The van der Waals surface area contributed by atoms with Gasteiger partial charge in [0, 0.05) is 11.9 Å². The zero-order valence-electron chi connectivity index (χ0n) is 14.7. The van der Waals surface area contributed by atoms with E-state index in [4.69, 9.17) is 11.6 Å². The third kappa shape index (κ3) is 4.09. The maximum Gasteiger partial charge on any atom is 0.295 e. The Hall–Kier alpha value is -2.51. The molecule has 5 nitrogen and oxygen atoms in total. The molecule has 27 heavy (non-hydrogen) atoms. The van der Waals surface area contributed by atoms with Crippen molar-refractivity contribution in [2.45, 2.75) is 11.8 Å². The van der Waals surface area contributed by atoms with E-state index in [0.29, 0.717) is 16.3 Å². The van der Waals surface area contributed by atoms with E-state index in [0.717, 1.165) is 0 Å². The predicted molar refractivity (Wildman–Crippen MR) is 107 cm³/mol. The summed E-state index contributed by atoms with van der Waals surface area (Å²) in [6.07, 6.45) is 0. The highest BCUT2D eigenvalue weighted by atomic mass is 35.5. The van der Waals surface area contributed by atoms with E-state index >= 15 is 0 Å². The number of carbonyl (C=O) groups is 1. The van der Waals surface area contributed by atoms with Gasteiger partial charge in [-0.2, -0.15) is 0 Å². The van der Waals surface area contributed by atoms with Crippen LogP contribution in [-0.4, -0.2) is 21.0 Å². The first-order chi connectivity index (χ1) is 12.9. The van der Waals surface area contributed by atoms with Crippen LogP contribution in [-0.2, 0) is 11.8 Å². The first-order valence-corrected chi connectivity index (χ1v) is 9.46. The van der Waals surface area contributed by atoms with Crippen LogP contribution in [0.2, 0.25) is 5.02 Å². The van der Waals surface area contributed by atoms with Crippen molar-refractivity contribution in [2.75, 3.05) is 11.1 Å². The van der Waals surface area contributed by atoms with Gasteiger partial charge in [-0.1, -0.05) is 29.8 Å². The summed E-state index contributed by atoms with van der Waals surface area (Å²) in [5, 5.41) is 2.69. The summed E-state index contributed by atoms with van der Waals surface area (Å²) in [5.41, 5.74) is 1.30. The van der Waals surface area contributed by atoms with Gasteiger partial charge in [0.2, 0.25) is 5.91 Å². The van der Waals surface area contributed by atoms with Crippen molar-refractivity contribution >= 4 is 35.0 Å². The van der Waals surface area contributed by atoms with Crippen molar-refractivity contribution in [1.29, 1.82) is 0 Å². The molecule has 0 aliphatic carbocycles. The Bertz CT molecular complexity index is 1050. The minimum Gasteiger partial charge on any atom is -0.319 e. The van der Waals surface area contributed by atoms with Crippen LogP contribution in [0, 0.1) is 12.7 Å². The first-order valence-electron chi connectivity index (χ1n) is 8.10. The van der Waals surface area contributed by atoms with Crippen LogP contribution < -0.4 is 10.9 Å². The summed E-state index contributed by atoms with van der Waals surface area (Å²) in [5.74, 6) is -0.764. The smallest absolute Gasteiger partial charge is 0.295 e. The van der Waals surface area contributed by atoms with E-state index in [-0.39, 0.29) is 27.9 Å². The van der Waals surface area contributed by atoms with Crippen LogP contribution in [0.15, 0.2) is 58.2 Å². The molecular formula is C19H17ClFN3O2S. The van der Waals surface area contributed by atoms with Crippen molar-refractivity contribution in [3.63, 3.8) is 0 Å². The lowest BCUT2D eigenvalue weighted by Crippen LogP contribution is -2.23. The number of nitrogens with one attached hydrogen (secondary N) is 1. The molecule has 0 radical (unpaired) electrons. The summed E-state index contributed by atoms with van der Waals surface area (Å²) in [7, 11) is 1.76. The van der Waals surface area contributed by atoms with E-state index in [2.05, 4.69) is 5.32 Å². The molecule has 8 heteroatoms. The number of para-hydroxylation sites is 1. The Morgan fingerprint density at radius 2 is 1.93 bits per heavy atom. The van der Waals surface area contributed by atoms with Gasteiger partial charge in [0.1, 0.15) is 11.5 Å². The number of anilines is 1. The molecule has 0 unspecified atom stereocenters. The van der Waals surface area contributed by atoms with Crippen LogP contribution in [0.1, 0.15) is 5.69 Å². The molecule has 0 saturated heterocycles. The molecule has 0 atom stereocenters. The molecule has 0 fully saturated rings. The van der Waals surface area contributed by atoms with Crippen LogP contribution in [0.5, 0.6) is 0 Å². The number of thioether (sulfide) groups is 1. The Balaban J connectivity index is 1.76. The lowest BCUT2D eigenvalue weighted by molar-refractivity contribution is -0.113. The zero-order chi connectivity index (χ0) is 19.6. The fraction of sp³-hybridized carbons (Fsp3) is 0.158. The highest BCUT2D eigenvalue weighted by Crippen LogP contribution is 2.24. The third-order valence-corrected chi connectivity index (χ3v) is 5.36. The largest absolute Gasteiger partial charge is 0.319 e. The second-order valence-corrected chi connectivity index (χ2v) is 7.31. The van der Waals surface area contributed by atoms with Gasteiger partial charge in [-0.3, -0.25) is 14.3 Å². The summed E-state index contributed by atoms with van der Waals surface area (Å²) in [6.45, 7) is 1.77. The van der Waals surface area contributed by atoms with Crippen molar-refractivity contribution in [2.24, 2.45) is 7.05 Å². The summed E-state index contributed by atoms with van der Waals surface area (Å²) < 4.78 is 16.4. The highest BCUT2D eigenvalue weighted by molar-refractivity contribution is 8.00. The number of aromatic nitrogens is 2. The fourth-order valence-electron chi connectivity index (χ4n) is 2.60. The first kappa shape index (κ1) is 19.3. The average Bonchev–Trinajstić information content (AvgIpc) is 2.87. The molecule has 1 N–H and O–H groups in total. The van der Waals surface area contributed by atoms with Crippen molar-refractivity contribution in [3.05, 3.63) is 75.4 Å². The number of hydrogen-bond donors (Lipinski definition) is 1. The van der Waals surface area contributed by atoms with Gasteiger partial charge in [-0.25, -0.2) is 9.07 Å². The lowest BCUT2D eigenvalue weighted by atomic mass is 10.3. The Morgan fingerprint density at radius 3 is 2.59 bits per heavy atom. The van der Waals surface area contributed by atoms with Gasteiger partial charge in [-0.15, -0.1) is 11.8 Å². The van der Waals surface area contributed by atoms with Crippen molar-refractivity contribution in [3.8, 4) is 5.69 Å². The molecule has 0 saturated carbocycles. The topological polar surface area (TPSA) is 56.0 Å². The molecule has 1 aromatic heterocycles. The Morgan fingerprint density at radius 1 is 1.22 bits per heavy atom. The predicted octanol–water partition coefficient (Wildman–Crippen LogP) is 4.01. The second kappa shape index (κ2) is 8.02. The van der Waals surface area contributed by atoms with Crippen molar-refractivity contribution < 1.29 is 9.18 Å². The number of halogens is 2. The molecule has 3 rings (SSSR count). The number of rotatable bonds is 5. The van der Waals surface area contributed by atoms with Crippen LogP contribution in [0.3, 0.4) is 0 Å². The minimum absolute atomic E-state index is 0.00468. The van der Waals surface area contributed by atoms with Crippen LogP contribution in [0.25, 0.3) is 5.69 Å². The van der Waals surface area contributed by atoms with Crippen molar-refractivity contribution in [1.82, 2.24) is 9.36 Å². The molecule has 3 aromatic rings. The maximum atomic E-state index is 13.2. The molecule has 1 heterocycles. The SMILES string of the molecule is Cc1c(NC(=O)CSc2ccc(F)c(Cl)c2)c(=O)n(-c2ccccc2)n1C. The van der Waals surface area contributed by atoms with E-state index in [9.17, 15) is 14.0 Å². The van der Waals surface area contributed by atoms with Gasteiger partial charge in [0.05, 0.1) is 22.2 Å². The van der Waals surface area contributed by atoms with Crippen LogP contribution in [0.4, 0.5) is 10.1 Å². The molecule has 0 spiro atoms. The van der Waals surface area contributed by atoms with Gasteiger partial charge in [0.15, 0.2) is 0 Å². The number of nitrogens with zero attached hydrogens (tertiary/aromatic N) is 2. The average molecular weight is 406 g/mol. The Labute approximate surface area is 164 Å². The van der Waals surface area contributed by atoms with Gasteiger partial charge >= 0.3 is 0 Å². The number of benzene rings is 2. The Kier molecular flexibility index (Phi) is 5.72. The third-order valence-electron chi connectivity index (χ3n) is 4.08. The van der Waals surface area contributed by atoms with E-state index in [1.807, 2.05) is 30.3 Å². The minimum atomic E-state index is -0.508. The number of hydrogen-bond acceptors (Lipinski definition) is 3. The quantitative estimate of drug-likeness (QED) is 0.652. The summed E-state index contributed by atoms with van der Waals surface area (Å²) >= 11 is 6.95. The van der Waals surface area contributed by atoms with E-state index in [1.165, 1.54) is 28.6 Å². The number of carbonyl (C=O) groups excluding carboxylic acids is 1. The zero-order valence-corrected chi connectivity index (χ0v) is 16.3. The van der Waals surface area contributed by atoms with Gasteiger partial charge < -0.3 is 5.32 Å². The lowest BCUT2D eigenvalue weighted by Gasteiger charge is -2.07. The molecule has 1 amide bonds. The summed E-state index contributed by atoms with van der Waals surface area (Å²) in [4.78, 5) is 25.7. The molecule has 0 bridgehead atoms. The summed E-state index contributed by atoms with van der Waals surface area (Å²) in [6, 6.07) is 13.5. The molecule has 0 aliphatic heterocycles. The van der Waals surface area contributed by atoms with E-state index < -0.39 is 5.82 Å². The monoisotopic (exact) mass is 405 g/mol. The number of amides is 1. The fourth-order valence-corrected chi connectivity index (χ4v) is 3.58. The van der Waals surface area contributed by atoms with Crippen LogP contribution >= 0.6 is 23.4 Å². The molecule has 0 aliphatic rings. The maximum absolute atomic E-state index is 13.2. The standard InChI is InChI=1S/C19H17ClFN3O2S/c1-12-18(19(26)24(23(12)2)13-6-4-3-5-7-13)22-17(25)11-27-14-8-9-16(21)15(20)10-14/h3-10H,11H2,1-2H3,(H,22,25). The second-order valence-electron chi connectivity index (χ2n) is 5.85. The molecule has 140 valence electrons. The van der Waals surface area contributed by atoms with Gasteiger partial charge in [0.25, 0.3) is 5.56 Å². The van der Waals surface area contributed by atoms with E-state index in [1.54, 1.807) is 24.7 Å². The molecular weight excluding hydrogens is 389 g/mol. The molecule has 2 aromatic carbocycles.